The largest absolute Gasteiger partial charge is 0.333 e. The van der Waals surface area contributed by atoms with Gasteiger partial charge in [0.25, 0.3) is 0 Å². The van der Waals surface area contributed by atoms with E-state index in [0.717, 1.165) is 5.56 Å². The molecule has 1 amide bonds. The Balaban J connectivity index is 1.66. The molecule has 0 aliphatic carbocycles. The maximum absolute atomic E-state index is 12.4. The minimum Gasteiger partial charge on any atom is -0.333 e. The maximum atomic E-state index is 12.4. The van der Waals surface area contributed by atoms with Gasteiger partial charge in [-0.05, 0) is 23.1 Å². The number of fused-ring (bicyclic) bond motifs is 1. The van der Waals surface area contributed by atoms with Crippen molar-refractivity contribution >= 4 is 5.91 Å². The van der Waals surface area contributed by atoms with Gasteiger partial charge in [-0.3, -0.25) is 4.79 Å². The third-order valence-corrected chi connectivity index (χ3v) is 3.77. The standard InChI is InChI=1S/C17H18N2O/c18-16(10-13-6-2-1-3-7-13)17(20)19-11-14-8-4-5-9-15(14)12-19/h1-9,16H,10-12,18H2/t16-/m1/s1. The zero-order chi connectivity index (χ0) is 13.9. The van der Waals surface area contributed by atoms with Gasteiger partial charge in [0, 0.05) is 13.1 Å². The van der Waals surface area contributed by atoms with Crippen molar-refractivity contribution in [1.29, 1.82) is 0 Å². The predicted octanol–water partition coefficient (Wildman–Crippen LogP) is 2.10. The fraction of sp³-hybridized carbons (Fsp3) is 0.235. The highest BCUT2D eigenvalue weighted by molar-refractivity contribution is 5.82. The van der Waals surface area contributed by atoms with Crippen LogP contribution in [0.15, 0.2) is 54.6 Å². The summed E-state index contributed by atoms with van der Waals surface area (Å²) >= 11 is 0. The van der Waals surface area contributed by atoms with E-state index in [2.05, 4.69) is 12.1 Å². The fourth-order valence-electron chi connectivity index (χ4n) is 2.68. The second-order valence-electron chi connectivity index (χ2n) is 5.26. The lowest BCUT2D eigenvalue weighted by Crippen LogP contribution is -2.42. The molecule has 0 radical (unpaired) electrons. The van der Waals surface area contributed by atoms with E-state index in [1.54, 1.807) is 0 Å². The van der Waals surface area contributed by atoms with Crippen molar-refractivity contribution in [1.82, 2.24) is 4.90 Å². The van der Waals surface area contributed by atoms with E-state index in [0.29, 0.717) is 19.5 Å². The fourth-order valence-corrected chi connectivity index (χ4v) is 2.68. The van der Waals surface area contributed by atoms with Gasteiger partial charge in [-0.2, -0.15) is 0 Å². The van der Waals surface area contributed by atoms with Crippen LogP contribution in [0.3, 0.4) is 0 Å². The first kappa shape index (κ1) is 12.9. The Morgan fingerprint density at radius 3 is 2.15 bits per heavy atom. The lowest BCUT2D eigenvalue weighted by molar-refractivity contribution is -0.133. The van der Waals surface area contributed by atoms with E-state index in [1.807, 2.05) is 47.4 Å². The maximum Gasteiger partial charge on any atom is 0.240 e. The van der Waals surface area contributed by atoms with E-state index >= 15 is 0 Å². The predicted molar refractivity (Wildman–Crippen MR) is 78.8 cm³/mol. The molecular formula is C17H18N2O. The number of carbonyl (C=O) groups excluding carboxylic acids is 1. The Bertz CT molecular complexity index is 584. The molecule has 0 bridgehead atoms. The van der Waals surface area contributed by atoms with Crippen LogP contribution in [0, 0.1) is 0 Å². The first-order valence-electron chi connectivity index (χ1n) is 6.89. The van der Waals surface area contributed by atoms with Gasteiger partial charge in [0.2, 0.25) is 5.91 Å². The molecule has 1 aliphatic heterocycles. The summed E-state index contributed by atoms with van der Waals surface area (Å²) in [5.74, 6) is 0.0325. The molecule has 3 rings (SSSR count). The number of amides is 1. The first-order chi connectivity index (χ1) is 9.74. The zero-order valence-electron chi connectivity index (χ0n) is 11.3. The monoisotopic (exact) mass is 266 g/mol. The smallest absolute Gasteiger partial charge is 0.240 e. The van der Waals surface area contributed by atoms with Gasteiger partial charge < -0.3 is 10.6 Å². The normalized spacial score (nSPS) is 14.9. The number of benzene rings is 2. The quantitative estimate of drug-likeness (QED) is 0.924. The third-order valence-electron chi connectivity index (χ3n) is 3.77. The van der Waals surface area contributed by atoms with Crippen LogP contribution in [0.25, 0.3) is 0 Å². The number of nitrogens with two attached hydrogens (primary N) is 1. The van der Waals surface area contributed by atoms with E-state index in [-0.39, 0.29) is 5.91 Å². The number of hydrogen-bond acceptors (Lipinski definition) is 2. The molecule has 0 aromatic heterocycles. The second kappa shape index (κ2) is 5.47. The summed E-state index contributed by atoms with van der Waals surface area (Å²) < 4.78 is 0. The average Bonchev–Trinajstić information content (AvgIpc) is 2.91. The molecule has 102 valence electrons. The first-order valence-corrected chi connectivity index (χ1v) is 6.89. The average molecular weight is 266 g/mol. The van der Waals surface area contributed by atoms with Gasteiger partial charge in [0.15, 0.2) is 0 Å². The summed E-state index contributed by atoms with van der Waals surface area (Å²) in [7, 11) is 0. The number of hydrogen-bond donors (Lipinski definition) is 1. The highest BCUT2D eigenvalue weighted by Gasteiger charge is 2.26. The summed E-state index contributed by atoms with van der Waals surface area (Å²) in [5.41, 5.74) is 9.63. The SMILES string of the molecule is N[C@H](Cc1ccccc1)C(=O)N1Cc2ccccc2C1. The van der Waals surface area contributed by atoms with Crippen LogP contribution in [-0.2, 0) is 24.3 Å². The molecule has 0 unspecified atom stereocenters. The van der Waals surface area contributed by atoms with Crippen LogP contribution < -0.4 is 5.73 Å². The summed E-state index contributed by atoms with van der Waals surface area (Å²) in [6.07, 6.45) is 0.590. The van der Waals surface area contributed by atoms with Crippen molar-refractivity contribution in [3.05, 3.63) is 71.3 Å². The van der Waals surface area contributed by atoms with Crippen LogP contribution in [0.4, 0.5) is 0 Å². The van der Waals surface area contributed by atoms with Crippen molar-refractivity contribution in [2.75, 3.05) is 0 Å². The highest BCUT2D eigenvalue weighted by atomic mass is 16.2. The van der Waals surface area contributed by atoms with Gasteiger partial charge in [-0.15, -0.1) is 0 Å². The van der Waals surface area contributed by atoms with Crippen LogP contribution in [-0.4, -0.2) is 16.8 Å². The lowest BCUT2D eigenvalue weighted by Gasteiger charge is -2.20. The molecule has 0 spiro atoms. The van der Waals surface area contributed by atoms with E-state index < -0.39 is 6.04 Å². The Hall–Kier alpha value is -2.13. The molecule has 2 aromatic carbocycles. The highest BCUT2D eigenvalue weighted by Crippen LogP contribution is 2.22. The molecule has 2 N–H and O–H groups in total. The molecule has 1 atom stereocenters. The van der Waals surface area contributed by atoms with Gasteiger partial charge >= 0.3 is 0 Å². The Labute approximate surface area is 119 Å². The van der Waals surface area contributed by atoms with Gasteiger partial charge in [-0.1, -0.05) is 54.6 Å². The molecule has 0 saturated carbocycles. The Morgan fingerprint density at radius 2 is 1.55 bits per heavy atom. The van der Waals surface area contributed by atoms with Gasteiger partial charge in [-0.25, -0.2) is 0 Å². The molecule has 3 nitrogen and oxygen atoms in total. The van der Waals surface area contributed by atoms with E-state index in [9.17, 15) is 4.79 Å². The van der Waals surface area contributed by atoms with Crippen molar-refractivity contribution in [3.8, 4) is 0 Å². The molecule has 0 fully saturated rings. The summed E-state index contributed by atoms with van der Waals surface area (Å²) in [6.45, 7) is 1.36. The summed E-state index contributed by atoms with van der Waals surface area (Å²) in [5, 5.41) is 0. The van der Waals surface area contributed by atoms with Crippen molar-refractivity contribution in [2.45, 2.75) is 25.6 Å². The van der Waals surface area contributed by atoms with Crippen LogP contribution in [0.1, 0.15) is 16.7 Å². The minimum absolute atomic E-state index is 0.0325. The topological polar surface area (TPSA) is 46.3 Å². The van der Waals surface area contributed by atoms with E-state index in [4.69, 9.17) is 5.73 Å². The number of rotatable bonds is 3. The van der Waals surface area contributed by atoms with Crippen molar-refractivity contribution in [3.63, 3.8) is 0 Å². The lowest BCUT2D eigenvalue weighted by atomic mass is 10.1. The zero-order valence-corrected chi connectivity index (χ0v) is 11.3. The third kappa shape index (κ3) is 2.58. The molecule has 1 heterocycles. The molecule has 3 heteroatoms. The number of nitrogens with zero attached hydrogens (tertiary/aromatic N) is 1. The Kier molecular flexibility index (Phi) is 3.52. The van der Waals surface area contributed by atoms with Crippen LogP contribution in [0.2, 0.25) is 0 Å². The number of carbonyl (C=O) groups is 1. The van der Waals surface area contributed by atoms with E-state index in [1.165, 1.54) is 11.1 Å². The molecule has 0 saturated heterocycles. The molecule has 2 aromatic rings. The van der Waals surface area contributed by atoms with Crippen molar-refractivity contribution < 1.29 is 4.79 Å². The molecule has 20 heavy (non-hydrogen) atoms. The summed E-state index contributed by atoms with van der Waals surface area (Å²) in [4.78, 5) is 14.3. The second-order valence-corrected chi connectivity index (χ2v) is 5.26. The molecular weight excluding hydrogens is 248 g/mol. The van der Waals surface area contributed by atoms with Crippen LogP contribution >= 0.6 is 0 Å². The van der Waals surface area contributed by atoms with Gasteiger partial charge in [0.1, 0.15) is 0 Å². The van der Waals surface area contributed by atoms with Crippen molar-refractivity contribution in [2.24, 2.45) is 5.73 Å². The van der Waals surface area contributed by atoms with Crippen LogP contribution in [0.5, 0.6) is 0 Å². The Morgan fingerprint density at radius 1 is 1.00 bits per heavy atom. The minimum atomic E-state index is -0.466. The van der Waals surface area contributed by atoms with Gasteiger partial charge in [0.05, 0.1) is 6.04 Å². The molecule has 1 aliphatic rings. The summed E-state index contributed by atoms with van der Waals surface area (Å²) in [6, 6.07) is 17.6.